The number of hydrogen-bond acceptors (Lipinski definition) is 5. The summed E-state index contributed by atoms with van der Waals surface area (Å²) in [6.07, 6.45) is 0. The third-order valence-corrected chi connectivity index (χ3v) is 3.94. The van der Waals surface area contributed by atoms with Crippen LogP contribution in [-0.4, -0.2) is 18.2 Å². The number of esters is 1. The van der Waals surface area contributed by atoms with E-state index in [1.807, 2.05) is 12.1 Å². The van der Waals surface area contributed by atoms with E-state index in [4.69, 9.17) is 26.8 Å². The quantitative estimate of drug-likeness (QED) is 0.827. The molecule has 0 spiro atoms. The van der Waals surface area contributed by atoms with E-state index in [1.54, 1.807) is 18.2 Å². The predicted octanol–water partition coefficient (Wildman–Crippen LogP) is 2.91. The van der Waals surface area contributed by atoms with Gasteiger partial charge in [-0.15, -0.1) is 0 Å². The Labute approximate surface area is 137 Å². The van der Waals surface area contributed by atoms with Crippen molar-refractivity contribution in [2.24, 2.45) is 5.73 Å². The molecule has 1 aliphatic rings. The van der Waals surface area contributed by atoms with Crippen LogP contribution < -0.4 is 10.5 Å². The van der Waals surface area contributed by atoms with Gasteiger partial charge < -0.3 is 20.3 Å². The van der Waals surface area contributed by atoms with Crippen LogP contribution in [0, 0.1) is 0 Å². The molecule has 0 saturated carbocycles. The Morgan fingerprint density at radius 1 is 1.26 bits per heavy atom. The average Bonchev–Trinajstić information content (AvgIpc) is 2.53. The third kappa shape index (κ3) is 2.71. The molecular weight excluding hydrogens is 318 g/mol. The first-order valence-corrected chi connectivity index (χ1v) is 7.23. The Balaban J connectivity index is 2.21. The summed E-state index contributed by atoms with van der Waals surface area (Å²) in [6, 6.07) is 11.8. The molecule has 1 atom stereocenters. The molecule has 3 rings (SSSR count). The van der Waals surface area contributed by atoms with E-state index in [0.29, 0.717) is 16.3 Å². The topological polar surface area (TPSA) is 81.8 Å². The number of hydrogen-bond donors (Lipinski definition) is 2. The number of methoxy groups -OCH3 is 1. The number of carbonyl (C=O) groups is 1. The molecule has 23 heavy (non-hydrogen) atoms. The molecule has 1 heterocycles. The number of rotatable bonds is 2. The predicted molar refractivity (Wildman–Crippen MR) is 85.3 cm³/mol. The SMILES string of the molecule is COC(=O)C1=C(N)Oc2cc(O)ccc2C1c1ccc(Cl)cc1. The maximum absolute atomic E-state index is 12.2. The second-order valence-corrected chi connectivity index (χ2v) is 5.51. The number of halogens is 1. The van der Waals surface area contributed by atoms with Crippen molar-refractivity contribution in [2.45, 2.75) is 5.92 Å². The van der Waals surface area contributed by atoms with Crippen LogP contribution in [0.4, 0.5) is 0 Å². The van der Waals surface area contributed by atoms with Crippen LogP contribution in [0.25, 0.3) is 0 Å². The number of aromatic hydroxyl groups is 1. The highest BCUT2D eigenvalue weighted by Gasteiger charge is 2.35. The normalized spacial score (nSPS) is 16.5. The van der Waals surface area contributed by atoms with Gasteiger partial charge in [-0.05, 0) is 23.8 Å². The molecule has 5 nitrogen and oxygen atoms in total. The van der Waals surface area contributed by atoms with Gasteiger partial charge in [-0.3, -0.25) is 0 Å². The van der Waals surface area contributed by atoms with Crippen LogP contribution in [0.2, 0.25) is 5.02 Å². The molecule has 0 aromatic heterocycles. The molecule has 0 amide bonds. The van der Waals surface area contributed by atoms with Gasteiger partial charge in [0.05, 0.1) is 13.0 Å². The number of benzene rings is 2. The summed E-state index contributed by atoms with van der Waals surface area (Å²) in [4.78, 5) is 12.2. The first-order valence-electron chi connectivity index (χ1n) is 6.85. The number of nitrogens with two attached hydrogens (primary N) is 1. The van der Waals surface area contributed by atoms with Crippen molar-refractivity contribution in [2.75, 3.05) is 7.11 Å². The minimum absolute atomic E-state index is 0.0464. The molecular formula is C17H14ClNO4. The van der Waals surface area contributed by atoms with E-state index in [-0.39, 0.29) is 17.2 Å². The van der Waals surface area contributed by atoms with Crippen molar-refractivity contribution in [3.8, 4) is 11.5 Å². The average molecular weight is 332 g/mol. The first-order chi connectivity index (χ1) is 11.0. The van der Waals surface area contributed by atoms with E-state index in [0.717, 1.165) is 5.56 Å². The monoisotopic (exact) mass is 331 g/mol. The summed E-state index contributed by atoms with van der Waals surface area (Å²) >= 11 is 5.94. The second-order valence-electron chi connectivity index (χ2n) is 5.08. The molecule has 118 valence electrons. The van der Waals surface area contributed by atoms with Gasteiger partial charge in [0.25, 0.3) is 0 Å². The number of phenolic OH excluding ortho intramolecular Hbond substituents is 1. The molecule has 3 N–H and O–H groups in total. The lowest BCUT2D eigenvalue weighted by Gasteiger charge is -2.28. The largest absolute Gasteiger partial charge is 0.508 e. The maximum atomic E-state index is 12.2. The van der Waals surface area contributed by atoms with E-state index in [1.165, 1.54) is 19.2 Å². The van der Waals surface area contributed by atoms with E-state index in [2.05, 4.69) is 0 Å². The molecule has 0 bridgehead atoms. The molecule has 0 radical (unpaired) electrons. The third-order valence-electron chi connectivity index (χ3n) is 3.69. The van der Waals surface area contributed by atoms with Crippen molar-refractivity contribution < 1.29 is 19.4 Å². The zero-order chi connectivity index (χ0) is 16.6. The highest BCUT2D eigenvalue weighted by Crippen LogP contribution is 2.43. The van der Waals surface area contributed by atoms with Gasteiger partial charge in [0.1, 0.15) is 17.1 Å². The highest BCUT2D eigenvalue weighted by molar-refractivity contribution is 6.30. The summed E-state index contributed by atoms with van der Waals surface area (Å²) in [7, 11) is 1.29. The van der Waals surface area contributed by atoms with Crippen molar-refractivity contribution in [3.05, 3.63) is 70.1 Å². The Kier molecular flexibility index (Phi) is 3.88. The van der Waals surface area contributed by atoms with Gasteiger partial charge in [0, 0.05) is 16.7 Å². The Bertz CT molecular complexity index is 799. The van der Waals surface area contributed by atoms with Crippen LogP contribution in [-0.2, 0) is 9.53 Å². The second kappa shape index (κ2) is 5.85. The fourth-order valence-corrected chi connectivity index (χ4v) is 2.78. The molecule has 2 aromatic rings. The zero-order valence-electron chi connectivity index (χ0n) is 12.2. The van der Waals surface area contributed by atoms with Gasteiger partial charge in [0.2, 0.25) is 5.88 Å². The number of phenols is 1. The van der Waals surface area contributed by atoms with Gasteiger partial charge in [-0.1, -0.05) is 29.8 Å². The maximum Gasteiger partial charge on any atom is 0.340 e. The lowest BCUT2D eigenvalue weighted by atomic mass is 9.83. The van der Waals surface area contributed by atoms with Crippen LogP contribution in [0.3, 0.4) is 0 Å². The molecule has 1 aliphatic heterocycles. The van der Waals surface area contributed by atoms with Crippen LogP contribution >= 0.6 is 11.6 Å². The molecule has 1 unspecified atom stereocenters. The van der Waals surface area contributed by atoms with Gasteiger partial charge in [0.15, 0.2) is 0 Å². The smallest absolute Gasteiger partial charge is 0.340 e. The number of fused-ring (bicyclic) bond motifs is 1. The lowest BCUT2D eigenvalue weighted by Crippen LogP contribution is -2.26. The number of carbonyl (C=O) groups excluding carboxylic acids is 1. The first kappa shape index (κ1) is 15.2. The Hall–Kier alpha value is -2.66. The van der Waals surface area contributed by atoms with Crippen LogP contribution in [0.15, 0.2) is 53.9 Å². The van der Waals surface area contributed by atoms with E-state index >= 15 is 0 Å². The standard InChI is InChI=1S/C17H14ClNO4/c1-22-17(21)15-14(9-2-4-10(18)5-3-9)12-7-6-11(20)8-13(12)23-16(15)19/h2-8,14,20H,19H2,1H3. The molecule has 2 aromatic carbocycles. The van der Waals surface area contributed by atoms with Crippen molar-refractivity contribution in [1.29, 1.82) is 0 Å². The molecule has 0 fully saturated rings. The fourth-order valence-electron chi connectivity index (χ4n) is 2.65. The van der Waals surface area contributed by atoms with Gasteiger partial charge >= 0.3 is 5.97 Å². The fraction of sp³-hybridized carbons (Fsp3) is 0.118. The Morgan fingerprint density at radius 2 is 1.96 bits per heavy atom. The summed E-state index contributed by atoms with van der Waals surface area (Å²) in [5.74, 6) is -0.636. The van der Waals surface area contributed by atoms with Crippen molar-refractivity contribution in [3.63, 3.8) is 0 Å². The Morgan fingerprint density at radius 3 is 2.61 bits per heavy atom. The molecule has 0 aliphatic carbocycles. The minimum Gasteiger partial charge on any atom is -0.508 e. The van der Waals surface area contributed by atoms with Crippen molar-refractivity contribution >= 4 is 17.6 Å². The summed E-state index contributed by atoms with van der Waals surface area (Å²) in [6.45, 7) is 0. The van der Waals surface area contributed by atoms with Gasteiger partial charge in [-0.25, -0.2) is 4.79 Å². The van der Waals surface area contributed by atoms with E-state index < -0.39 is 11.9 Å². The minimum atomic E-state index is -0.568. The summed E-state index contributed by atoms with van der Waals surface area (Å²) < 4.78 is 10.3. The summed E-state index contributed by atoms with van der Waals surface area (Å²) in [5.41, 5.74) is 7.66. The summed E-state index contributed by atoms with van der Waals surface area (Å²) in [5, 5.41) is 10.2. The number of ether oxygens (including phenoxy) is 2. The highest BCUT2D eigenvalue weighted by atomic mass is 35.5. The van der Waals surface area contributed by atoms with Crippen molar-refractivity contribution in [1.82, 2.24) is 0 Å². The van der Waals surface area contributed by atoms with Crippen LogP contribution in [0.5, 0.6) is 11.5 Å². The molecule has 6 heteroatoms. The lowest BCUT2D eigenvalue weighted by molar-refractivity contribution is -0.136. The molecule has 0 saturated heterocycles. The zero-order valence-corrected chi connectivity index (χ0v) is 13.0. The van der Waals surface area contributed by atoms with E-state index in [9.17, 15) is 9.90 Å². The van der Waals surface area contributed by atoms with Gasteiger partial charge in [-0.2, -0.15) is 0 Å². The van der Waals surface area contributed by atoms with Crippen LogP contribution in [0.1, 0.15) is 17.0 Å².